The van der Waals surface area contributed by atoms with Crippen molar-refractivity contribution in [3.63, 3.8) is 0 Å². The second kappa shape index (κ2) is 10.6. The van der Waals surface area contributed by atoms with Crippen LogP contribution in [0, 0.1) is 0 Å². The van der Waals surface area contributed by atoms with Gasteiger partial charge in [0.1, 0.15) is 22.9 Å². The lowest BCUT2D eigenvalue weighted by molar-refractivity contribution is 0.0924. The summed E-state index contributed by atoms with van der Waals surface area (Å²) in [6.07, 6.45) is 7.51. The van der Waals surface area contributed by atoms with Crippen molar-refractivity contribution in [1.82, 2.24) is 14.7 Å². The minimum Gasteiger partial charge on any atom is -0.507 e. The molecule has 1 aliphatic carbocycles. The van der Waals surface area contributed by atoms with Gasteiger partial charge >= 0.3 is 0 Å². The summed E-state index contributed by atoms with van der Waals surface area (Å²) >= 11 is 6.36. The van der Waals surface area contributed by atoms with Gasteiger partial charge in [-0.3, -0.25) is 4.79 Å². The van der Waals surface area contributed by atoms with E-state index in [1.807, 2.05) is 28.9 Å². The fourth-order valence-corrected chi connectivity index (χ4v) is 5.05. The number of nitrogens with one attached hydrogen (secondary N) is 2. The first-order valence-corrected chi connectivity index (χ1v) is 12.6. The van der Waals surface area contributed by atoms with Crippen molar-refractivity contribution in [2.75, 3.05) is 19.5 Å². The summed E-state index contributed by atoms with van der Waals surface area (Å²) in [5.74, 6) is 0.950. The van der Waals surface area contributed by atoms with Crippen molar-refractivity contribution in [2.45, 2.75) is 37.8 Å². The number of aromatic nitrogens is 2. The van der Waals surface area contributed by atoms with Crippen LogP contribution in [0.5, 0.6) is 17.2 Å². The molecule has 1 fully saturated rings. The van der Waals surface area contributed by atoms with Gasteiger partial charge in [0, 0.05) is 47.9 Å². The van der Waals surface area contributed by atoms with Crippen LogP contribution in [-0.2, 0) is 0 Å². The fourth-order valence-electron chi connectivity index (χ4n) is 4.81. The molecule has 3 N–H and O–H groups in total. The lowest BCUT2D eigenvalue weighted by Crippen LogP contribution is -2.40. The number of phenols is 1. The number of amides is 1. The summed E-state index contributed by atoms with van der Waals surface area (Å²) in [6, 6.07) is 14.6. The first-order chi connectivity index (χ1) is 17.9. The Morgan fingerprint density at radius 3 is 2.49 bits per heavy atom. The van der Waals surface area contributed by atoms with Crippen LogP contribution in [0.25, 0.3) is 16.9 Å². The van der Waals surface area contributed by atoms with Gasteiger partial charge in [-0.05, 0) is 49.9 Å². The Hall–Kier alpha value is -3.91. The van der Waals surface area contributed by atoms with Crippen molar-refractivity contribution in [3.8, 4) is 28.5 Å². The Balaban J connectivity index is 1.23. The molecule has 4 aromatic rings. The monoisotopic (exact) mass is 520 g/mol. The SMILES string of the molecule is COc1cc(OC)c(-c2cn3ccc(NC4CCC(NC(=O)c5ccccc5O)CC4)cc3n2)cc1Cl. The normalized spacial score (nSPS) is 17.4. The van der Waals surface area contributed by atoms with Gasteiger partial charge in [-0.2, -0.15) is 0 Å². The van der Waals surface area contributed by atoms with Crippen LogP contribution >= 0.6 is 11.6 Å². The quantitative estimate of drug-likeness (QED) is 0.296. The number of hydrogen-bond acceptors (Lipinski definition) is 6. The third kappa shape index (κ3) is 5.29. The molecule has 0 spiro atoms. The first kappa shape index (κ1) is 24.8. The summed E-state index contributed by atoms with van der Waals surface area (Å²) in [5.41, 5.74) is 3.64. The lowest BCUT2D eigenvalue weighted by Gasteiger charge is -2.30. The van der Waals surface area contributed by atoms with E-state index < -0.39 is 0 Å². The van der Waals surface area contributed by atoms with Gasteiger partial charge in [-0.25, -0.2) is 4.98 Å². The van der Waals surface area contributed by atoms with Crippen LogP contribution in [0.1, 0.15) is 36.0 Å². The van der Waals surface area contributed by atoms with E-state index in [-0.39, 0.29) is 17.7 Å². The van der Waals surface area contributed by atoms with Crippen molar-refractivity contribution < 1.29 is 19.4 Å². The highest BCUT2D eigenvalue weighted by molar-refractivity contribution is 6.32. The summed E-state index contributed by atoms with van der Waals surface area (Å²) in [7, 11) is 3.17. The largest absolute Gasteiger partial charge is 0.507 e. The van der Waals surface area contributed by atoms with Crippen LogP contribution in [0.3, 0.4) is 0 Å². The zero-order chi connectivity index (χ0) is 25.9. The summed E-state index contributed by atoms with van der Waals surface area (Å²) in [4.78, 5) is 17.3. The van der Waals surface area contributed by atoms with Crippen LogP contribution in [0.2, 0.25) is 5.02 Å². The van der Waals surface area contributed by atoms with Gasteiger partial charge < -0.3 is 29.6 Å². The predicted molar refractivity (Wildman–Crippen MR) is 144 cm³/mol. The van der Waals surface area contributed by atoms with Crippen LogP contribution in [0.4, 0.5) is 5.69 Å². The van der Waals surface area contributed by atoms with E-state index in [0.29, 0.717) is 28.1 Å². The zero-order valence-corrected chi connectivity index (χ0v) is 21.5. The third-order valence-corrected chi connectivity index (χ3v) is 7.09. The minimum absolute atomic E-state index is 0.00132. The van der Waals surface area contributed by atoms with Crippen LogP contribution in [-0.4, -0.2) is 46.7 Å². The maximum atomic E-state index is 12.5. The summed E-state index contributed by atoms with van der Waals surface area (Å²) in [6.45, 7) is 0. The number of methoxy groups -OCH3 is 2. The molecule has 2 heterocycles. The number of carbonyl (C=O) groups excluding carboxylic acids is 1. The number of fused-ring (bicyclic) bond motifs is 1. The van der Waals surface area contributed by atoms with E-state index in [1.54, 1.807) is 44.6 Å². The second-order valence-corrected chi connectivity index (χ2v) is 9.58. The highest BCUT2D eigenvalue weighted by Crippen LogP contribution is 2.38. The maximum Gasteiger partial charge on any atom is 0.255 e. The number of halogens is 1. The van der Waals surface area contributed by atoms with Gasteiger partial charge in [-0.1, -0.05) is 23.7 Å². The molecule has 0 radical (unpaired) electrons. The average Bonchev–Trinajstić information content (AvgIpc) is 3.33. The van der Waals surface area contributed by atoms with Gasteiger partial charge in [-0.15, -0.1) is 0 Å². The number of aromatic hydroxyl groups is 1. The highest BCUT2D eigenvalue weighted by Gasteiger charge is 2.24. The number of benzene rings is 2. The fraction of sp³-hybridized carbons (Fsp3) is 0.286. The Morgan fingerprint density at radius 2 is 1.76 bits per heavy atom. The molecule has 5 rings (SSSR count). The summed E-state index contributed by atoms with van der Waals surface area (Å²) < 4.78 is 12.8. The molecular formula is C28H29ClN4O4. The number of anilines is 1. The molecule has 8 nitrogen and oxygen atoms in total. The van der Waals surface area contributed by atoms with Crippen molar-refractivity contribution in [1.29, 1.82) is 0 Å². The maximum absolute atomic E-state index is 12.5. The van der Waals surface area contributed by atoms with E-state index in [9.17, 15) is 9.90 Å². The van der Waals surface area contributed by atoms with Crippen LogP contribution < -0.4 is 20.1 Å². The smallest absolute Gasteiger partial charge is 0.255 e. The molecule has 1 amide bonds. The summed E-state index contributed by atoms with van der Waals surface area (Å²) in [5, 5.41) is 17.1. The molecule has 37 heavy (non-hydrogen) atoms. The molecule has 0 unspecified atom stereocenters. The van der Waals surface area contributed by atoms with E-state index in [2.05, 4.69) is 10.6 Å². The number of rotatable bonds is 7. The number of carbonyl (C=O) groups is 1. The van der Waals surface area contributed by atoms with E-state index in [1.165, 1.54) is 6.07 Å². The number of imidazole rings is 1. The average molecular weight is 521 g/mol. The van der Waals surface area contributed by atoms with Gasteiger partial charge in [0.2, 0.25) is 0 Å². The minimum atomic E-state index is -0.232. The Kier molecular flexibility index (Phi) is 7.10. The highest BCUT2D eigenvalue weighted by atomic mass is 35.5. The molecule has 0 saturated heterocycles. The van der Waals surface area contributed by atoms with E-state index in [4.69, 9.17) is 26.1 Å². The number of hydrogen-bond donors (Lipinski definition) is 3. The number of ether oxygens (including phenoxy) is 2. The standard InChI is InChI=1S/C28H29ClN4O4/c1-36-25-15-26(37-2)22(29)14-21(25)23-16-33-12-11-19(13-27(33)32-23)30-17-7-9-18(10-8-17)31-28(35)20-5-3-4-6-24(20)34/h3-6,11-18,30,34H,7-10H2,1-2H3,(H,31,35). The lowest BCUT2D eigenvalue weighted by atomic mass is 9.90. The molecule has 0 aliphatic heterocycles. The van der Waals surface area contributed by atoms with Crippen molar-refractivity contribution >= 4 is 28.8 Å². The molecule has 2 aromatic heterocycles. The number of para-hydroxylation sites is 1. The second-order valence-electron chi connectivity index (χ2n) is 9.18. The number of phenolic OH excluding ortho intramolecular Hbond substituents is 1. The Bertz CT molecular complexity index is 1430. The van der Waals surface area contributed by atoms with E-state index >= 15 is 0 Å². The molecule has 0 atom stereocenters. The van der Waals surface area contributed by atoms with Gasteiger partial charge in [0.25, 0.3) is 5.91 Å². The molecule has 0 bridgehead atoms. The number of pyridine rings is 1. The molecule has 192 valence electrons. The van der Waals surface area contributed by atoms with E-state index in [0.717, 1.165) is 48.3 Å². The molecule has 1 aliphatic rings. The third-order valence-electron chi connectivity index (χ3n) is 6.79. The molecule has 9 heteroatoms. The Morgan fingerprint density at radius 1 is 1.03 bits per heavy atom. The van der Waals surface area contributed by atoms with Gasteiger partial charge in [0.15, 0.2) is 0 Å². The van der Waals surface area contributed by atoms with Crippen molar-refractivity contribution in [2.24, 2.45) is 0 Å². The molecule has 1 saturated carbocycles. The zero-order valence-electron chi connectivity index (χ0n) is 20.7. The molecule has 2 aromatic carbocycles. The van der Waals surface area contributed by atoms with Crippen LogP contribution in [0.15, 0.2) is 60.9 Å². The molecular weight excluding hydrogens is 492 g/mol. The van der Waals surface area contributed by atoms with Gasteiger partial charge in [0.05, 0.1) is 30.5 Å². The topological polar surface area (TPSA) is 97.1 Å². The number of nitrogens with zero attached hydrogens (tertiary/aromatic N) is 2. The predicted octanol–water partition coefficient (Wildman–Crippen LogP) is 5.53. The first-order valence-electron chi connectivity index (χ1n) is 12.2. The van der Waals surface area contributed by atoms with Crippen molar-refractivity contribution in [3.05, 3.63) is 71.5 Å². The Labute approximate surface area is 220 Å².